The van der Waals surface area contributed by atoms with Gasteiger partial charge in [0.1, 0.15) is 0 Å². The lowest BCUT2D eigenvalue weighted by Gasteiger charge is -2.07. The van der Waals surface area contributed by atoms with Crippen LogP contribution in [-0.4, -0.2) is 9.97 Å². The molecule has 0 saturated carbocycles. The molecule has 2 rings (SSSR count). The summed E-state index contributed by atoms with van der Waals surface area (Å²) >= 11 is 1.55. The van der Waals surface area contributed by atoms with Crippen LogP contribution in [0, 0.1) is 0 Å². The second kappa shape index (κ2) is 3.64. The molecule has 0 radical (unpaired) electrons. The van der Waals surface area contributed by atoms with Crippen molar-refractivity contribution in [3.8, 4) is 0 Å². The van der Waals surface area contributed by atoms with Crippen LogP contribution in [0.25, 0.3) is 0 Å². The Labute approximate surface area is 80.3 Å². The number of pyridine rings is 1. The molecule has 0 saturated heterocycles. The molecule has 2 heterocycles. The van der Waals surface area contributed by atoms with E-state index in [0.29, 0.717) is 0 Å². The monoisotopic (exact) mass is 191 g/mol. The van der Waals surface area contributed by atoms with Crippen molar-refractivity contribution in [2.75, 3.05) is 0 Å². The molecule has 2 N–H and O–H groups in total. The maximum Gasteiger partial charge on any atom is 0.0795 e. The van der Waals surface area contributed by atoms with E-state index in [9.17, 15) is 0 Å². The molecule has 0 aliphatic heterocycles. The highest BCUT2D eigenvalue weighted by Crippen LogP contribution is 2.17. The van der Waals surface area contributed by atoms with E-state index in [1.165, 1.54) is 0 Å². The molecule has 0 aliphatic rings. The van der Waals surface area contributed by atoms with Crippen LogP contribution in [0.4, 0.5) is 0 Å². The van der Waals surface area contributed by atoms with Crippen LogP contribution in [0.5, 0.6) is 0 Å². The molecule has 0 spiro atoms. The quantitative estimate of drug-likeness (QED) is 0.784. The number of nitrogens with two attached hydrogens (primary N) is 1. The van der Waals surface area contributed by atoms with Gasteiger partial charge in [0.05, 0.1) is 17.2 Å². The van der Waals surface area contributed by atoms with E-state index in [0.717, 1.165) is 11.3 Å². The van der Waals surface area contributed by atoms with Crippen molar-refractivity contribution in [2.24, 2.45) is 5.73 Å². The zero-order valence-corrected chi connectivity index (χ0v) is 7.74. The van der Waals surface area contributed by atoms with Gasteiger partial charge in [-0.1, -0.05) is 6.07 Å². The van der Waals surface area contributed by atoms with Crippen molar-refractivity contribution in [3.63, 3.8) is 0 Å². The zero-order chi connectivity index (χ0) is 9.10. The molecule has 1 atom stereocenters. The molecular weight excluding hydrogens is 182 g/mol. The van der Waals surface area contributed by atoms with Crippen LogP contribution in [0.15, 0.2) is 35.4 Å². The molecule has 0 amide bonds. The van der Waals surface area contributed by atoms with Gasteiger partial charge < -0.3 is 5.73 Å². The van der Waals surface area contributed by atoms with Gasteiger partial charge in [0.25, 0.3) is 0 Å². The highest BCUT2D eigenvalue weighted by molar-refractivity contribution is 7.07. The first kappa shape index (κ1) is 8.34. The molecule has 0 aliphatic carbocycles. The highest BCUT2D eigenvalue weighted by Gasteiger charge is 2.09. The van der Waals surface area contributed by atoms with Crippen molar-refractivity contribution >= 4 is 11.3 Å². The maximum atomic E-state index is 5.96. The molecule has 4 heteroatoms. The Hall–Kier alpha value is -1.26. The van der Waals surface area contributed by atoms with Crippen LogP contribution in [0.2, 0.25) is 0 Å². The Morgan fingerprint density at radius 1 is 1.46 bits per heavy atom. The lowest BCUT2D eigenvalue weighted by Crippen LogP contribution is -2.12. The summed E-state index contributed by atoms with van der Waals surface area (Å²) in [7, 11) is 0. The van der Waals surface area contributed by atoms with E-state index in [4.69, 9.17) is 5.73 Å². The predicted octanol–water partition coefficient (Wildman–Crippen LogP) is 1.59. The first-order valence-electron chi connectivity index (χ1n) is 3.91. The molecule has 0 fully saturated rings. The largest absolute Gasteiger partial charge is 0.319 e. The molecule has 66 valence electrons. The fourth-order valence-corrected chi connectivity index (χ4v) is 1.70. The molecule has 1 unspecified atom stereocenters. The minimum absolute atomic E-state index is 0.153. The van der Waals surface area contributed by atoms with Crippen molar-refractivity contribution in [2.45, 2.75) is 6.04 Å². The summed E-state index contributed by atoms with van der Waals surface area (Å²) in [5, 5.41) is 1.96. The minimum atomic E-state index is -0.153. The van der Waals surface area contributed by atoms with Gasteiger partial charge >= 0.3 is 0 Å². The number of rotatable bonds is 2. The van der Waals surface area contributed by atoms with Crippen LogP contribution >= 0.6 is 11.3 Å². The number of aromatic nitrogens is 2. The van der Waals surface area contributed by atoms with Gasteiger partial charge in [-0.15, -0.1) is 11.3 Å². The van der Waals surface area contributed by atoms with E-state index in [-0.39, 0.29) is 6.04 Å². The lowest BCUT2D eigenvalue weighted by molar-refractivity contribution is 0.832. The van der Waals surface area contributed by atoms with Crippen LogP contribution in [0.3, 0.4) is 0 Å². The summed E-state index contributed by atoms with van der Waals surface area (Å²) in [5.74, 6) is 0. The Balaban J connectivity index is 2.29. The Morgan fingerprint density at radius 3 is 3.00 bits per heavy atom. The Kier molecular flexibility index (Phi) is 2.33. The third kappa shape index (κ3) is 1.74. The smallest absolute Gasteiger partial charge is 0.0795 e. The number of hydrogen-bond acceptors (Lipinski definition) is 4. The van der Waals surface area contributed by atoms with Gasteiger partial charge in [0.2, 0.25) is 0 Å². The normalized spacial score (nSPS) is 12.7. The predicted molar refractivity (Wildman–Crippen MR) is 52.4 cm³/mol. The summed E-state index contributed by atoms with van der Waals surface area (Å²) < 4.78 is 0. The van der Waals surface area contributed by atoms with E-state index in [1.807, 2.05) is 17.5 Å². The summed E-state index contributed by atoms with van der Waals surface area (Å²) in [4.78, 5) is 8.17. The summed E-state index contributed by atoms with van der Waals surface area (Å²) in [6, 6.07) is 3.68. The third-order valence-corrected chi connectivity index (χ3v) is 2.42. The van der Waals surface area contributed by atoms with E-state index in [1.54, 1.807) is 29.2 Å². The van der Waals surface area contributed by atoms with Gasteiger partial charge in [0, 0.05) is 17.8 Å². The molecule has 2 aromatic heterocycles. The van der Waals surface area contributed by atoms with Crippen molar-refractivity contribution in [1.82, 2.24) is 9.97 Å². The van der Waals surface area contributed by atoms with E-state index < -0.39 is 0 Å². The molecule has 0 aromatic carbocycles. The molecule has 2 aromatic rings. The topological polar surface area (TPSA) is 51.8 Å². The lowest BCUT2D eigenvalue weighted by atomic mass is 10.1. The fraction of sp³-hybridized carbons (Fsp3) is 0.111. The van der Waals surface area contributed by atoms with Gasteiger partial charge in [-0.25, -0.2) is 4.98 Å². The zero-order valence-electron chi connectivity index (χ0n) is 6.92. The van der Waals surface area contributed by atoms with Crippen LogP contribution < -0.4 is 5.73 Å². The first-order valence-corrected chi connectivity index (χ1v) is 4.86. The molecular formula is C9H9N3S. The van der Waals surface area contributed by atoms with Crippen molar-refractivity contribution < 1.29 is 0 Å². The van der Waals surface area contributed by atoms with Gasteiger partial charge in [0.15, 0.2) is 0 Å². The Bertz CT molecular complexity index is 358. The second-order valence-electron chi connectivity index (χ2n) is 2.68. The third-order valence-electron chi connectivity index (χ3n) is 1.81. The molecule has 13 heavy (non-hydrogen) atoms. The number of thiazole rings is 1. The summed E-state index contributed by atoms with van der Waals surface area (Å²) in [5.41, 5.74) is 9.64. The van der Waals surface area contributed by atoms with Gasteiger partial charge in [-0.2, -0.15) is 0 Å². The van der Waals surface area contributed by atoms with Crippen LogP contribution in [-0.2, 0) is 0 Å². The van der Waals surface area contributed by atoms with Gasteiger partial charge in [-0.05, 0) is 11.6 Å². The van der Waals surface area contributed by atoms with Crippen molar-refractivity contribution in [1.29, 1.82) is 0 Å². The average Bonchev–Trinajstić information content (AvgIpc) is 2.71. The van der Waals surface area contributed by atoms with E-state index >= 15 is 0 Å². The SMILES string of the molecule is NC(c1cccnc1)c1cscn1. The number of nitrogens with zero attached hydrogens (tertiary/aromatic N) is 2. The first-order chi connectivity index (χ1) is 6.38. The summed E-state index contributed by atoms with van der Waals surface area (Å²) in [6.07, 6.45) is 3.50. The van der Waals surface area contributed by atoms with Crippen molar-refractivity contribution in [3.05, 3.63) is 46.7 Å². The average molecular weight is 191 g/mol. The Morgan fingerprint density at radius 2 is 2.38 bits per heavy atom. The molecule has 3 nitrogen and oxygen atoms in total. The maximum absolute atomic E-state index is 5.96. The fourth-order valence-electron chi connectivity index (χ4n) is 1.11. The standard InChI is InChI=1S/C9H9N3S/c10-9(8-5-13-6-12-8)7-2-1-3-11-4-7/h1-6,9H,10H2. The van der Waals surface area contributed by atoms with Crippen LogP contribution in [0.1, 0.15) is 17.3 Å². The molecule has 0 bridgehead atoms. The second-order valence-corrected chi connectivity index (χ2v) is 3.40. The van der Waals surface area contributed by atoms with Gasteiger partial charge in [-0.3, -0.25) is 4.98 Å². The summed E-state index contributed by atoms with van der Waals surface area (Å²) in [6.45, 7) is 0. The number of hydrogen-bond donors (Lipinski definition) is 1. The van der Waals surface area contributed by atoms with E-state index in [2.05, 4.69) is 9.97 Å². The minimum Gasteiger partial charge on any atom is -0.319 e. The highest BCUT2D eigenvalue weighted by atomic mass is 32.1.